The van der Waals surface area contributed by atoms with Gasteiger partial charge in [0.05, 0.1) is 7.11 Å². The zero-order valence-corrected chi connectivity index (χ0v) is 11.8. The minimum absolute atomic E-state index is 0.326. The number of methoxy groups -OCH3 is 1. The Balaban J connectivity index is 2.97. The van der Waals surface area contributed by atoms with E-state index in [1.807, 2.05) is 0 Å². The second kappa shape index (κ2) is 5.75. The third kappa shape index (κ3) is 4.40. The second-order valence-corrected chi connectivity index (χ2v) is 8.97. The Hall–Kier alpha value is -0.330. The molecule has 10 heteroatoms. The van der Waals surface area contributed by atoms with Gasteiger partial charge in [-0.1, -0.05) is 11.8 Å². The molecular weight excluding hydrogens is 302 g/mol. The molecule has 0 unspecified atom stereocenters. The minimum atomic E-state index is -4.91. The first-order valence-electron chi connectivity index (χ1n) is 4.56. The van der Waals surface area contributed by atoms with Gasteiger partial charge in [0.15, 0.2) is 0 Å². The molecule has 0 aliphatic heterocycles. The quantitative estimate of drug-likeness (QED) is 0.475. The first-order chi connectivity index (χ1) is 8.14. The molecule has 0 spiro atoms. The Morgan fingerprint density at radius 1 is 1.06 bits per heavy atom. The lowest BCUT2D eigenvalue weighted by Crippen LogP contribution is -2.04. The van der Waals surface area contributed by atoms with Crippen molar-refractivity contribution in [1.82, 2.24) is 0 Å². The topological polar surface area (TPSA) is 124 Å². The van der Waals surface area contributed by atoms with E-state index in [9.17, 15) is 9.13 Å². The van der Waals surface area contributed by atoms with Crippen LogP contribution in [0.1, 0.15) is 0 Å². The molecule has 0 aliphatic rings. The molecule has 0 atom stereocenters. The standard InChI is InChI=1S/C8H12O7P2S/c1-15-6-2-4-7(5-3-6)18-8(16(9,10)11)17(12,13)14/h2-5,8H,1H3,(H2,9,10,11)(H2,12,13,14). The van der Waals surface area contributed by atoms with Crippen LogP contribution in [-0.4, -0.2) is 31.4 Å². The lowest BCUT2D eigenvalue weighted by atomic mass is 10.3. The fourth-order valence-electron chi connectivity index (χ4n) is 1.11. The van der Waals surface area contributed by atoms with E-state index in [1.54, 1.807) is 0 Å². The van der Waals surface area contributed by atoms with Gasteiger partial charge < -0.3 is 24.3 Å². The molecule has 1 rings (SSSR count). The van der Waals surface area contributed by atoms with Crippen LogP contribution in [0.5, 0.6) is 5.75 Å². The van der Waals surface area contributed by atoms with E-state index in [0.29, 0.717) is 22.4 Å². The maximum atomic E-state index is 11.1. The first kappa shape index (κ1) is 15.7. The molecule has 0 heterocycles. The Bertz CT molecular complexity index is 469. The Labute approximate surface area is 108 Å². The predicted octanol–water partition coefficient (Wildman–Crippen LogP) is 1.43. The Kier molecular flexibility index (Phi) is 5.03. The summed E-state index contributed by atoms with van der Waals surface area (Å²) in [7, 11) is -8.37. The predicted molar refractivity (Wildman–Crippen MR) is 66.7 cm³/mol. The zero-order chi connectivity index (χ0) is 14.0. The molecule has 1 aromatic carbocycles. The van der Waals surface area contributed by atoms with Crippen LogP contribution in [0.3, 0.4) is 0 Å². The summed E-state index contributed by atoms with van der Waals surface area (Å²) < 4.78 is 24.9. The van der Waals surface area contributed by atoms with E-state index >= 15 is 0 Å². The van der Waals surface area contributed by atoms with E-state index < -0.39 is 19.9 Å². The van der Waals surface area contributed by atoms with Gasteiger partial charge in [-0.2, -0.15) is 0 Å². The summed E-state index contributed by atoms with van der Waals surface area (Å²) in [6, 6.07) is 5.97. The van der Waals surface area contributed by atoms with Crippen molar-refractivity contribution >= 4 is 27.0 Å². The normalized spacial score (nSPS) is 12.8. The van der Waals surface area contributed by atoms with Gasteiger partial charge in [0.2, 0.25) is 4.73 Å². The van der Waals surface area contributed by atoms with Gasteiger partial charge in [0, 0.05) is 4.90 Å². The zero-order valence-electron chi connectivity index (χ0n) is 9.20. The van der Waals surface area contributed by atoms with E-state index in [-0.39, 0.29) is 0 Å². The average molecular weight is 314 g/mol. The summed E-state index contributed by atoms with van der Waals surface area (Å²) in [4.78, 5) is 36.1. The molecule has 7 nitrogen and oxygen atoms in total. The number of hydrogen-bond donors (Lipinski definition) is 4. The number of benzene rings is 1. The van der Waals surface area contributed by atoms with Crippen molar-refractivity contribution in [2.75, 3.05) is 7.11 Å². The van der Waals surface area contributed by atoms with Crippen molar-refractivity contribution < 1.29 is 33.4 Å². The summed E-state index contributed by atoms with van der Waals surface area (Å²) in [6.45, 7) is 0. The molecule has 4 N–H and O–H groups in total. The van der Waals surface area contributed by atoms with Crippen molar-refractivity contribution in [3.63, 3.8) is 0 Å². The SMILES string of the molecule is COc1ccc(SC(P(=O)(O)O)P(=O)(O)O)cc1. The lowest BCUT2D eigenvalue weighted by molar-refractivity contribution is 0.352. The summed E-state index contributed by atoms with van der Waals surface area (Å²) in [5.41, 5.74) is 0. The van der Waals surface area contributed by atoms with Crippen molar-refractivity contribution in [3.05, 3.63) is 24.3 Å². The molecule has 0 saturated heterocycles. The molecule has 0 bridgehead atoms. The molecule has 18 heavy (non-hydrogen) atoms. The highest BCUT2D eigenvalue weighted by Gasteiger charge is 2.44. The number of hydrogen-bond acceptors (Lipinski definition) is 4. The minimum Gasteiger partial charge on any atom is -0.497 e. The molecule has 0 aliphatic carbocycles. The highest BCUT2D eigenvalue weighted by atomic mass is 32.2. The van der Waals surface area contributed by atoms with Gasteiger partial charge in [0.25, 0.3) is 0 Å². The highest BCUT2D eigenvalue weighted by molar-refractivity contribution is 8.12. The van der Waals surface area contributed by atoms with Gasteiger partial charge >= 0.3 is 15.2 Å². The summed E-state index contributed by atoms with van der Waals surface area (Å²) >= 11 is 0.440. The third-order valence-corrected chi connectivity index (χ3v) is 7.87. The Morgan fingerprint density at radius 3 is 1.83 bits per heavy atom. The summed E-state index contributed by atoms with van der Waals surface area (Å²) in [5.74, 6) is 0.531. The van der Waals surface area contributed by atoms with Gasteiger partial charge in [0.1, 0.15) is 5.75 Å². The van der Waals surface area contributed by atoms with Crippen molar-refractivity contribution in [1.29, 1.82) is 0 Å². The Morgan fingerprint density at radius 2 is 1.50 bits per heavy atom. The van der Waals surface area contributed by atoms with E-state index in [4.69, 9.17) is 24.3 Å². The van der Waals surface area contributed by atoms with Crippen LogP contribution in [0, 0.1) is 0 Å². The fraction of sp³-hybridized carbons (Fsp3) is 0.250. The van der Waals surface area contributed by atoms with Crippen LogP contribution in [0.4, 0.5) is 0 Å². The molecule has 1 aromatic rings. The molecule has 0 amide bonds. The van der Waals surface area contributed by atoms with Crippen molar-refractivity contribution in [2.45, 2.75) is 9.63 Å². The monoisotopic (exact) mass is 314 g/mol. The smallest absolute Gasteiger partial charge is 0.351 e. The van der Waals surface area contributed by atoms with Crippen LogP contribution in [0.15, 0.2) is 29.2 Å². The van der Waals surface area contributed by atoms with Gasteiger partial charge in [-0.05, 0) is 24.3 Å². The third-order valence-electron chi connectivity index (χ3n) is 1.88. The second-order valence-electron chi connectivity index (χ2n) is 3.30. The van der Waals surface area contributed by atoms with E-state index in [2.05, 4.69) is 0 Å². The fourth-order valence-corrected chi connectivity index (χ4v) is 5.04. The van der Waals surface area contributed by atoms with Crippen LogP contribution in [-0.2, 0) is 9.13 Å². The van der Waals surface area contributed by atoms with Crippen LogP contribution in [0.25, 0.3) is 0 Å². The molecule has 0 aromatic heterocycles. The number of thioether (sulfide) groups is 1. The molecule has 102 valence electrons. The first-order valence-corrected chi connectivity index (χ1v) is 8.80. The number of rotatable bonds is 5. The maximum absolute atomic E-state index is 11.1. The van der Waals surface area contributed by atoms with Crippen LogP contribution in [0.2, 0.25) is 0 Å². The van der Waals surface area contributed by atoms with Gasteiger partial charge in [-0.25, -0.2) is 0 Å². The summed E-state index contributed by atoms with van der Waals surface area (Å²) in [5, 5.41) is 0. The van der Waals surface area contributed by atoms with Crippen LogP contribution < -0.4 is 4.74 Å². The van der Waals surface area contributed by atoms with E-state index in [1.165, 1.54) is 31.4 Å². The van der Waals surface area contributed by atoms with Gasteiger partial charge in [-0.3, -0.25) is 9.13 Å². The molecule has 0 fully saturated rings. The van der Waals surface area contributed by atoms with E-state index in [0.717, 1.165) is 0 Å². The summed E-state index contributed by atoms with van der Waals surface area (Å²) in [6.07, 6.45) is 0. The maximum Gasteiger partial charge on any atom is 0.351 e. The lowest BCUT2D eigenvalue weighted by Gasteiger charge is -2.18. The highest BCUT2D eigenvalue weighted by Crippen LogP contribution is 2.65. The molecule has 0 saturated carbocycles. The molecular formula is C8H12O7P2S. The average Bonchev–Trinajstić information content (AvgIpc) is 2.23. The van der Waals surface area contributed by atoms with Crippen LogP contribution >= 0.6 is 27.0 Å². The molecule has 0 radical (unpaired) electrons. The van der Waals surface area contributed by atoms with Crippen molar-refractivity contribution in [2.24, 2.45) is 0 Å². The van der Waals surface area contributed by atoms with Gasteiger partial charge in [-0.15, -0.1) is 0 Å². The largest absolute Gasteiger partial charge is 0.497 e. The number of ether oxygens (including phenoxy) is 1. The van der Waals surface area contributed by atoms with Crippen molar-refractivity contribution in [3.8, 4) is 5.75 Å².